The summed E-state index contributed by atoms with van der Waals surface area (Å²) in [6.07, 6.45) is 2.24. The number of para-hydroxylation sites is 2. The number of aromatic nitrogens is 2. The Morgan fingerprint density at radius 1 is 0.714 bits per heavy atom. The summed E-state index contributed by atoms with van der Waals surface area (Å²) in [5.74, 6) is 0. The quantitative estimate of drug-likeness (QED) is 0.346. The Hall–Kier alpha value is -3.39. The molecule has 0 fully saturated rings. The number of nitrogens with zero attached hydrogens (tertiary/aromatic N) is 2. The molecule has 2 nitrogen and oxygen atoms in total. The highest BCUT2D eigenvalue weighted by Gasteiger charge is 2.23. The van der Waals surface area contributed by atoms with Gasteiger partial charge in [0.1, 0.15) is 11.2 Å². The van der Waals surface area contributed by atoms with E-state index in [0.717, 1.165) is 0 Å². The van der Waals surface area contributed by atoms with Crippen LogP contribution in [0.25, 0.3) is 38.8 Å². The lowest BCUT2D eigenvalue weighted by atomic mass is 10.0. The standard InChI is InChI=1S/C26H23N2/c1-18-12-14-20(15-13-18)21-16-23-22-9-5-7-11-25(22)28(26(23)27(3)17-21)24-10-6-4-8-19(24)2/h4-17H,1-3H3/q+1. The fraction of sp³-hybridized carbons (Fsp3) is 0.115. The maximum absolute atomic E-state index is 2.39. The normalized spacial score (nSPS) is 11.4. The second kappa shape index (κ2) is 6.35. The van der Waals surface area contributed by atoms with E-state index in [1.54, 1.807) is 0 Å². The molecular weight excluding hydrogens is 340 g/mol. The van der Waals surface area contributed by atoms with Gasteiger partial charge >= 0.3 is 0 Å². The van der Waals surface area contributed by atoms with Crippen molar-refractivity contribution in [1.82, 2.24) is 4.57 Å². The summed E-state index contributed by atoms with van der Waals surface area (Å²) in [6.45, 7) is 4.30. The van der Waals surface area contributed by atoms with Crippen molar-refractivity contribution >= 4 is 21.9 Å². The molecule has 0 saturated carbocycles. The molecule has 0 spiro atoms. The van der Waals surface area contributed by atoms with Crippen molar-refractivity contribution in [2.45, 2.75) is 13.8 Å². The first-order chi connectivity index (χ1) is 13.6. The van der Waals surface area contributed by atoms with Gasteiger partial charge in [0.25, 0.3) is 5.65 Å². The van der Waals surface area contributed by atoms with Gasteiger partial charge in [-0.3, -0.25) is 0 Å². The minimum absolute atomic E-state index is 1.21. The van der Waals surface area contributed by atoms with Gasteiger partial charge in [0, 0.05) is 10.9 Å². The monoisotopic (exact) mass is 363 g/mol. The molecule has 28 heavy (non-hydrogen) atoms. The van der Waals surface area contributed by atoms with Crippen molar-refractivity contribution in [3.05, 3.63) is 96.2 Å². The smallest absolute Gasteiger partial charge is 0.235 e. The molecule has 0 radical (unpaired) electrons. The van der Waals surface area contributed by atoms with Crippen LogP contribution in [0.5, 0.6) is 0 Å². The number of aryl methyl sites for hydroxylation is 3. The molecule has 0 bridgehead atoms. The minimum atomic E-state index is 1.21. The molecule has 0 aliphatic heterocycles. The predicted octanol–water partition coefficient (Wildman–Crippen LogP) is 5.89. The van der Waals surface area contributed by atoms with Gasteiger partial charge in [-0.25, -0.2) is 4.57 Å². The highest BCUT2D eigenvalue weighted by molar-refractivity contribution is 6.07. The number of rotatable bonds is 2. The summed E-state index contributed by atoms with van der Waals surface area (Å²) >= 11 is 0. The zero-order chi connectivity index (χ0) is 19.3. The van der Waals surface area contributed by atoms with Crippen LogP contribution in [-0.2, 0) is 7.05 Å². The first kappa shape index (κ1) is 16.8. The maximum atomic E-state index is 2.39. The third-order valence-corrected chi connectivity index (χ3v) is 5.60. The molecule has 0 saturated heterocycles. The molecule has 0 amide bonds. The second-order valence-electron chi connectivity index (χ2n) is 7.58. The van der Waals surface area contributed by atoms with Crippen LogP contribution in [0.4, 0.5) is 0 Å². The largest absolute Gasteiger partial charge is 0.294 e. The van der Waals surface area contributed by atoms with Crippen LogP contribution >= 0.6 is 0 Å². The molecular formula is C26H23N2+. The van der Waals surface area contributed by atoms with Crippen molar-refractivity contribution in [3.63, 3.8) is 0 Å². The van der Waals surface area contributed by atoms with Gasteiger partial charge in [0.15, 0.2) is 0 Å². The zero-order valence-electron chi connectivity index (χ0n) is 16.5. The molecule has 136 valence electrons. The van der Waals surface area contributed by atoms with E-state index in [9.17, 15) is 0 Å². The number of pyridine rings is 1. The van der Waals surface area contributed by atoms with Gasteiger partial charge in [-0.15, -0.1) is 0 Å². The van der Waals surface area contributed by atoms with Crippen LogP contribution in [0.1, 0.15) is 11.1 Å². The molecule has 0 aliphatic rings. The summed E-state index contributed by atoms with van der Waals surface area (Å²) in [6, 6.07) is 28.4. The lowest BCUT2D eigenvalue weighted by Gasteiger charge is -2.07. The van der Waals surface area contributed by atoms with Gasteiger partial charge in [0.05, 0.1) is 18.6 Å². The van der Waals surface area contributed by atoms with E-state index in [-0.39, 0.29) is 0 Å². The molecule has 2 heterocycles. The van der Waals surface area contributed by atoms with Gasteiger partial charge < -0.3 is 0 Å². The van der Waals surface area contributed by atoms with E-state index in [2.05, 4.69) is 115 Å². The van der Waals surface area contributed by atoms with Crippen molar-refractivity contribution < 1.29 is 4.57 Å². The van der Waals surface area contributed by atoms with Crippen LogP contribution in [0, 0.1) is 13.8 Å². The maximum Gasteiger partial charge on any atom is 0.294 e. The molecule has 5 aromatic rings. The number of benzene rings is 3. The van der Waals surface area contributed by atoms with E-state index in [0.29, 0.717) is 0 Å². The Labute approximate surface area is 165 Å². The van der Waals surface area contributed by atoms with Crippen LogP contribution in [0.3, 0.4) is 0 Å². The predicted molar refractivity (Wildman–Crippen MR) is 117 cm³/mol. The van der Waals surface area contributed by atoms with Crippen LogP contribution in [0.2, 0.25) is 0 Å². The van der Waals surface area contributed by atoms with Crippen molar-refractivity contribution in [2.24, 2.45) is 7.05 Å². The molecule has 3 aromatic carbocycles. The van der Waals surface area contributed by atoms with Crippen LogP contribution in [0.15, 0.2) is 85.1 Å². The summed E-state index contributed by atoms with van der Waals surface area (Å²) < 4.78 is 4.65. The molecule has 0 atom stereocenters. The molecule has 2 aromatic heterocycles. The van der Waals surface area contributed by atoms with E-state index in [4.69, 9.17) is 0 Å². The molecule has 0 unspecified atom stereocenters. The SMILES string of the molecule is Cc1ccc(-c2cc3c4ccccc4n(-c4ccccc4C)c3[n+](C)c2)cc1. The Bertz CT molecular complexity index is 1320. The average Bonchev–Trinajstić information content (AvgIpc) is 3.04. The first-order valence-corrected chi connectivity index (χ1v) is 9.69. The number of hydrogen-bond donors (Lipinski definition) is 0. The fourth-order valence-electron chi connectivity index (χ4n) is 4.17. The van der Waals surface area contributed by atoms with Crippen molar-refractivity contribution in [1.29, 1.82) is 0 Å². The summed E-state index contributed by atoms with van der Waals surface area (Å²) in [4.78, 5) is 0. The fourth-order valence-corrected chi connectivity index (χ4v) is 4.17. The van der Waals surface area contributed by atoms with Crippen LogP contribution < -0.4 is 4.57 Å². The van der Waals surface area contributed by atoms with Crippen LogP contribution in [-0.4, -0.2) is 4.57 Å². The van der Waals surface area contributed by atoms with E-state index >= 15 is 0 Å². The van der Waals surface area contributed by atoms with Gasteiger partial charge in [0.2, 0.25) is 0 Å². The molecule has 5 rings (SSSR count). The number of fused-ring (bicyclic) bond motifs is 3. The minimum Gasteiger partial charge on any atom is -0.235 e. The topological polar surface area (TPSA) is 8.81 Å². The van der Waals surface area contributed by atoms with E-state index < -0.39 is 0 Å². The Kier molecular flexibility index (Phi) is 3.80. The Morgan fingerprint density at radius 2 is 1.43 bits per heavy atom. The summed E-state index contributed by atoms with van der Waals surface area (Å²) in [5, 5.41) is 2.56. The molecule has 0 aliphatic carbocycles. The molecule has 2 heteroatoms. The average molecular weight is 363 g/mol. The van der Waals surface area contributed by atoms with Crippen molar-refractivity contribution in [3.8, 4) is 16.8 Å². The lowest BCUT2D eigenvalue weighted by molar-refractivity contribution is -0.646. The van der Waals surface area contributed by atoms with Gasteiger partial charge in [-0.05, 0) is 49.2 Å². The van der Waals surface area contributed by atoms with Crippen molar-refractivity contribution in [2.75, 3.05) is 0 Å². The highest BCUT2D eigenvalue weighted by Crippen LogP contribution is 2.33. The van der Waals surface area contributed by atoms with Gasteiger partial charge in [-0.1, -0.05) is 60.2 Å². The number of hydrogen-bond acceptors (Lipinski definition) is 0. The summed E-state index contributed by atoms with van der Waals surface area (Å²) in [7, 11) is 2.15. The lowest BCUT2D eigenvalue weighted by Crippen LogP contribution is -2.30. The highest BCUT2D eigenvalue weighted by atomic mass is 15.1. The third kappa shape index (κ3) is 2.53. The van der Waals surface area contributed by atoms with E-state index in [1.165, 1.54) is 49.9 Å². The summed E-state index contributed by atoms with van der Waals surface area (Å²) in [5.41, 5.74) is 8.72. The first-order valence-electron chi connectivity index (χ1n) is 9.69. The Balaban J connectivity index is 1.89. The van der Waals surface area contributed by atoms with Gasteiger partial charge in [-0.2, -0.15) is 4.57 Å². The molecule has 0 N–H and O–H groups in total. The van der Waals surface area contributed by atoms with E-state index in [1.807, 2.05) is 0 Å². The second-order valence-corrected chi connectivity index (χ2v) is 7.58. The third-order valence-electron chi connectivity index (χ3n) is 5.60. The zero-order valence-corrected chi connectivity index (χ0v) is 16.5. The Morgan fingerprint density at radius 3 is 2.21 bits per heavy atom.